The van der Waals surface area contributed by atoms with Crippen LogP contribution in [-0.2, 0) is 41.6 Å². The van der Waals surface area contributed by atoms with Crippen LogP contribution in [0.15, 0.2) is 40.9 Å². The predicted molar refractivity (Wildman–Crippen MR) is 163 cm³/mol. The van der Waals surface area contributed by atoms with Gasteiger partial charge in [0.1, 0.15) is 17.7 Å². The molecule has 2 fully saturated rings. The molecule has 3 heterocycles. The fraction of sp³-hybridized carbons (Fsp3) is 0.594. The topological polar surface area (TPSA) is 165 Å². The van der Waals surface area contributed by atoms with Gasteiger partial charge in [-0.2, -0.15) is 0 Å². The van der Waals surface area contributed by atoms with Gasteiger partial charge in [-0.1, -0.05) is 49.3 Å². The van der Waals surface area contributed by atoms with Gasteiger partial charge in [0.2, 0.25) is 11.8 Å². The molecule has 0 radical (unpaired) electrons. The first-order valence-corrected chi connectivity index (χ1v) is 15.5. The smallest absolute Gasteiger partial charge is 0.274 e. The largest absolute Gasteiger partial charge is 0.382 e. The molecule has 1 unspecified atom stereocenters. The first kappa shape index (κ1) is 34.2. The number of Topliss-reactive ketones (excluding diaryl/α,β-unsaturated/α-hetero) is 1. The standard InChI is InChI=1S/C32H45N5O8/c1-21(2)16-25(28(38)32(3)20-44-32)34-31(41)27(19-42-4)35-29(39)24(11-10-22-8-6-5-7-9-22)33-30(40)26-17-23(45-36-26)18-37-12-14-43-15-13-37/h5-9,17,21,24-25,27H,10-16,18-20H2,1-4H3,(H,33,40)(H,34,41)(H,35,39)/t24-,25?,27-,32+/m0/s1. The Morgan fingerprint density at radius 3 is 2.31 bits per heavy atom. The summed E-state index contributed by atoms with van der Waals surface area (Å²) in [6, 6.07) is 8.23. The summed E-state index contributed by atoms with van der Waals surface area (Å²) < 4.78 is 21.4. The van der Waals surface area contributed by atoms with Crippen molar-refractivity contribution in [1.29, 1.82) is 0 Å². The molecule has 3 N–H and O–H groups in total. The highest BCUT2D eigenvalue weighted by molar-refractivity contribution is 5.99. The van der Waals surface area contributed by atoms with E-state index in [0.717, 1.165) is 18.7 Å². The predicted octanol–water partition coefficient (Wildman–Crippen LogP) is 1.26. The van der Waals surface area contributed by atoms with Crippen LogP contribution in [0, 0.1) is 5.92 Å². The number of aromatic nitrogens is 1. The van der Waals surface area contributed by atoms with Crippen LogP contribution in [0.2, 0.25) is 0 Å². The Kier molecular flexibility index (Phi) is 12.2. The quantitative estimate of drug-likeness (QED) is 0.218. The van der Waals surface area contributed by atoms with Gasteiger partial charge in [0.05, 0.1) is 39.0 Å². The van der Waals surface area contributed by atoms with Crippen molar-refractivity contribution in [3.8, 4) is 0 Å². The lowest BCUT2D eigenvalue weighted by molar-refractivity contribution is -0.134. The van der Waals surface area contributed by atoms with E-state index < -0.39 is 41.4 Å². The molecule has 0 spiro atoms. The lowest BCUT2D eigenvalue weighted by atomic mass is 9.93. The van der Waals surface area contributed by atoms with Crippen molar-refractivity contribution in [2.45, 2.75) is 70.3 Å². The Balaban J connectivity index is 1.44. The zero-order valence-corrected chi connectivity index (χ0v) is 26.5. The molecule has 1 aromatic carbocycles. The summed E-state index contributed by atoms with van der Waals surface area (Å²) in [5.41, 5.74) is 0.117. The number of methoxy groups -OCH3 is 1. The molecule has 0 aliphatic carbocycles. The number of rotatable bonds is 17. The van der Waals surface area contributed by atoms with E-state index in [9.17, 15) is 19.2 Å². The maximum Gasteiger partial charge on any atom is 0.274 e. The molecule has 45 heavy (non-hydrogen) atoms. The van der Waals surface area contributed by atoms with Crippen LogP contribution >= 0.6 is 0 Å². The molecule has 2 aliphatic heterocycles. The maximum absolute atomic E-state index is 13.6. The normalized spacial score (nSPS) is 20.2. The summed E-state index contributed by atoms with van der Waals surface area (Å²) in [5.74, 6) is -1.27. The van der Waals surface area contributed by atoms with Gasteiger partial charge >= 0.3 is 0 Å². The minimum absolute atomic E-state index is 0.0489. The van der Waals surface area contributed by atoms with E-state index in [4.69, 9.17) is 18.7 Å². The number of benzene rings is 1. The van der Waals surface area contributed by atoms with E-state index in [1.165, 1.54) is 7.11 Å². The molecule has 2 aliphatic rings. The summed E-state index contributed by atoms with van der Waals surface area (Å²) in [6.45, 7) is 9.02. The van der Waals surface area contributed by atoms with Gasteiger partial charge in [0.25, 0.3) is 5.91 Å². The van der Waals surface area contributed by atoms with Crippen molar-refractivity contribution < 1.29 is 37.9 Å². The Hall–Kier alpha value is -3.65. The second-order valence-electron chi connectivity index (χ2n) is 12.2. The van der Waals surface area contributed by atoms with Crippen LogP contribution in [0.3, 0.4) is 0 Å². The van der Waals surface area contributed by atoms with Crippen LogP contribution in [0.4, 0.5) is 0 Å². The zero-order chi connectivity index (χ0) is 32.4. The summed E-state index contributed by atoms with van der Waals surface area (Å²) >= 11 is 0. The third-order valence-corrected chi connectivity index (χ3v) is 7.87. The van der Waals surface area contributed by atoms with Crippen molar-refractivity contribution in [2.75, 3.05) is 46.6 Å². The van der Waals surface area contributed by atoms with Crippen molar-refractivity contribution in [3.63, 3.8) is 0 Å². The molecule has 13 nitrogen and oxygen atoms in total. The lowest BCUT2D eigenvalue weighted by Crippen LogP contribution is -2.58. The highest BCUT2D eigenvalue weighted by Gasteiger charge is 2.50. The highest BCUT2D eigenvalue weighted by Crippen LogP contribution is 2.29. The van der Waals surface area contributed by atoms with E-state index in [2.05, 4.69) is 26.0 Å². The number of ketones is 1. The first-order valence-electron chi connectivity index (χ1n) is 15.5. The second-order valence-corrected chi connectivity index (χ2v) is 12.2. The SMILES string of the molecule is COC[C@H](NC(=O)[C@H](CCc1ccccc1)NC(=O)c1cc(CN2CCOCC2)on1)C(=O)NC(CC(C)C)C(=O)[C@@]1(C)CO1. The molecular formula is C32H45N5O8. The zero-order valence-electron chi connectivity index (χ0n) is 26.5. The second kappa shape index (κ2) is 16.1. The number of carbonyl (C=O) groups is 4. The average Bonchev–Trinajstić information content (AvgIpc) is 3.61. The third-order valence-electron chi connectivity index (χ3n) is 7.87. The molecule has 1 aromatic heterocycles. The van der Waals surface area contributed by atoms with Crippen molar-refractivity contribution >= 4 is 23.5 Å². The van der Waals surface area contributed by atoms with E-state index in [1.807, 2.05) is 44.2 Å². The number of carbonyl (C=O) groups excluding carboxylic acids is 4. The molecule has 4 rings (SSSR count). The molecule has 3 amide bonds. The van der Waals surface area contributed by atoms with Crippen LogP contribution in [0.25, 0.3) is 0 Å². The summed E-state index contributed by atoms with van der Waals surface area (Å²) in [6.07, 6.45) is 1.16. The van der Waals surface area contributed by atoms with E-state index in [1.54, 1.807) is 13.0 Å². The van der Waals surface area contributed by atoms with Gasteiger partial charge in [-0.25, -0.2) is 0 Å². The van der Waals surface area contributed by atoms with Gasteiger partial charge in [-0.3, -0.25) is 24.1 Å². The van der Waals surface area contributed by atoms with Gasteiger partial charge in [0, 0.05) is 26.3 Å². The van der Waals surface area contributed by atoms with Crippen LogP contribution < -0.4 is 16.0 Å². The summed E-state index contributed by atoms with van der Waals surface area (Å²) in [5, 5.41) is 12.2. The number of hydrogen-bond donors (Lipinski definition) is 3. The van der Waals surface area contributed by atoms with Crippen molar-refractivity contribution in [3.05, 3.63) is 53.4 Å². The Morgan fingerprint density at radius 1 is 1.00 bits per heavy atom. The number of ether oxygens (including phenoxy) is 3. The van der Waals surface area contributed by atoms with Gasteiger partial charge in [-0.05, 0) is 37.7 Å². The molecule has 0 saturated carbocycles. The van der Waals surface area contributed by atoms with Gasteiger partial charge in [0.15, 0.2) is 17.2 Å². The van der Waals surface area contributed by atoms with E-state index in [0.29, 0.717) is 45.0 Å². The average molecular weight is 628 g/mol. The molecule has 0 bridgehead atoms. The lowest BCUT2D eigenvalue weighted by Gasteiger charge is -2.26. The number of nitrogens with zero attached hydrogens (tertiary/aromatic N) is 2. The number of hydrogen-bond acceptors (Lipinski definition) is 10. The molecule has 2 saturated heterocycles. The number of amides is 3. The Bertz CT molecular complexity index is 1290. The molecule has 2 aromatic rings. The van der Waals surface area contributed by atoms with Crippen molar-refractivity contribution in [1.82, 2.24) is 26.0 Å². The number of morpholine rings is 1. The Morgan fingerprint density at radius 2 is 1.67 bits per heavy atom. The van der Waals surface area contributed by atoms with Crippen LogP contribution in [-0.4, -0.2) is 104 Å². The number of aryl methyl sites for hydroxylation is 1. The van der Waals surface area contributed by atoms with E-state index >= 15 is 0 Å². The fourth-order valence-electron chi connectivity index (χ4n) is 5.15. The number of epoxide rings is 1. The maximum atomic E-state index is 13.6. The third kappa shape index (κ3) is 10.2. The minimum Gasteiger partial charge on any atom is -0.382 e. The van der Waals surface area contributed by atoms with E-state index in [-0.39, 0.29) is 30.4 Å². The summed E-state index contributed by atoms with van der Waals surface area (Å²) in [4.78, 5) is 55.5. The van der Waals surface area contributed by atoms with Gasteiger partial charge in [-0.15, -0.1) is 0 Å². The number of nitrogens with one attached hydrogen (secondary N) is 3. The fourth-order valence-corrected chi connectivity index (χ4v) is 5.15. The molecule has 246 valence electrons. The highest BCUT2D eigenvalue weighted by atomic mass is 16.6. The van der Waals surface area contributed by atoms with Gasteiger partial charge < -0.3 is 34.7 Å². The van der Waals surface area contributed by atoms with Crippen LogP contribution in [0.5, 0.6) is 0 Å². The molecule has 4 atom stereocenters. The minimum atomic E-state index is -1.11. The molecular weight excluding hydrogens is 582 g/mol. The molecule has 13 heteroatoms. The first-order chi connectivity index (χ1) is 21.6. The Labute approximate surface area is 263 Å². The van der Waals surface area contributed by atoms with Crippen LogP contribution in [0.1, 0.15) is 55.4 Å². The monoisotopic (exact) mass is 627 g/mol. The van der Waals surface area contributed by atoms with Crippen molar-refractivity contribution in [2.24, 2.45) is 5.92 Å². The summed E-state index contributed by atoms with van der Waals surface area (Å²) in [7, 11) is 1.41.